The first-order valence-electron chi connectivity index (χ1n) is 8.25. The van der Waals surface area contributed by atoms with Crippen LogP contribution in [0.4, 0.5) is 0 Å². The maximum atomic E-state index is 4.62. The van der Waals surface area contributed by atoms with Crippen molar-refractivity contribution in [3.63, 3.8) is 0 Å². The Hall–Kier alpha value is 0.0634. The quantitative estimate of drug-likeness (QED) is 0.110. The molecule has 8 bridgehead atoms. The van der Waals surface area contributed by atoms with E-state index in [1.807, 2.05) is 42.5 Å². The fraction of sp³-hybridized carbons (Fsp3) is 0. The van der Waals surface area contributed by atoms with Gasteiger partial charge in [-0.25, -0.2) is 9.97 Å². The summed E-state index contributed by atoms with van der Waals surface area (Å²) in [7, 11) is 2.75. The summed E-state index contributed by atoms with van der Waals surface area (Å²) in [6.07, 6.45) is 8.05. The van der Waals surface area contributed by atoms with Crippen LogP contribution in [0.25, 0.3) is 46.4 Å². The van der Waals surface area contributed by atoms with Crippen molar-refractivity contribution in [3.8, 4) is 0 Å². The topological polar surface area (TPSA) is 83.4 Å². The molecule has 178 valence electrons. The summed E-state index contributed by atoms with van der Waals surface area (Å²) in [5.74, 6) is 0. The van der Waals surface area contributed by atoms with Crippen molar-refractivity contribution in [2.24, 2.45) is 5.73 Å². The summed E-state index contributed by atoms with van der Waals surface area (Å²) >= 11 is 0. The third-order valence-corrected chi connectivity index (χ3v) is 4.04. The molecule has 0 fully saturated rings. The van der Waals surface area contributed by atoms with Crippen LogP contribution in [0, 0.1) is 7.05 Å². The van der Waals surface area contributed by atoms with Crippen LogP contribution in [0.15, 0.2) is 48.5 Å². The largest absolute Gasteiger partial charge is 0.486 e. The third-order valence-electron chi connectivity index (χ3n) is 4.04. The first-order valence-corrected chi connectivity index (χ1v) is 8.25. The molecule has 0 radical (unpaired) electrons. The van der Waals surface area contributed by atoms with Crippen LogP contribution >= 0.6 is 102 Å². The van der Waals surface area contributed by atoms with Gasteiger partial charge in [0.05, 0.1) is 22.8 Å². The van der Waals surface area contributed by atoms with Crippen LogP contribution in [0.2, 0.25) is 0 Å². The van der Waals surface area contributed by atoms with Gasteiger partial charge in [0.15, 0.2) is 0 Å². The Bertz CT molecular complexity index is 1100. The second kappa shape index (κ2) is 19.3. The number of nitrogens with two attached hydrogens (primary N) is 1. The van der Waals surface area contributed by atoms with E-state index in [4.69, 9.17) is 0 Å². The molecule has 0 saturated carbocycles. The molecule has 5 rings (SSSR count). The van der Waals surface area contributed by atoms with E-state index in [2.05, 4.69) is 63.0 Å². The zero-order chi connectivity index (χ0) is 17.9. The normalized spacial score (nSPS) is 9.39. The van der Waals surface area contributed by atoms with Crippen LogP contribution in [0.1, 0.15) is 22.8 Å². The molecule has 3 aromatic heterocycles. The Morgan fingerprint density at radius 2 is 0.758 bits per heavy atom. The maximum Gasteiger partial charge on any atom is 0.0659 e. The van der Waals surface area contributed by atoms with Crippen molar-refractivity contribution in [1.82, 2.24) is 19.9 Å². The molecule has 0 atom stereocenters. The first-order chi connectivity index (χ1) is 12.8. The van der Waals surface area contributed by atoms with Crippen molar-refractivity contribution in [1.29, 1.82) is 0 Å². The summed E-state index contributed by atoms with van der Waals surface area (Å²) in [4.78, 5) is 16.0. The molecule has 3 aromatic rings. The smallest absolute Gasteiger partial charge is 0.0659 e. The molecular weight excluding hydrogens is 867 g/mol. The van der Waals surface area contributed by atoms with Crippen LogP contribution < -0.4 is 5.73 Å². The van der Waals surface area contributed by atoms with Crippen molar-refractivity contribution in [2.45, 2.75) is 0 Å². The Morgan fingerprint density at radius 3 is 1.09 bits per heavy atom. The molecule has 2 aliphatic rings. The van der Waals surface area contributed by atoms with Gasteiger partial charge in [0.2, 0.25) is 0 Å². The van der Waals surface area contributed by atoms with Crippen LogP contribution in [0.3, 0.4) is 0 Å². The average molecular weight is 891 g/mol. The molecule has 4 N–H and O–H groups in total. The number of hydrogen-bond acceptors (Lipinski definition) is 3. The van der Waals surface area contributed by atoms with E-state index < -0.39 is 0 Å². The maximum absolute atomic E-state index is 4.62. The van der Waals surface area contributed by atoms with E-state index in [9.17, 15) is 0 Å². The second-order valence-corrected chi connectivity index (χ2v) is 5.91. The van der Waals surface area contributed by atoms with Gasteiger partial charge in [0, 0.05) is 41.5 Å². The number of H-pyrrole nitrogens is 2. The minimum absolute atomic E-state index is 0. The van der Waals surface area contributed by atoms with E-state index in [-0.39, 0.29) is 121 Å². The Balaban J connectivity index is -0.000000456. The third kappa shape index (κ3) is 10.7. The van der Waals surface area contributed by atoms with Gasteiger partial charge < -0.3 is 15.7 Å². The molecule has 0 amide bonds. The summed E-state index contributed by atoms with van der Waals surface area (Å²) in [5.41, 5.74) is 12.1. The molecule has 0 unspecified atom stereocenters. The molecule has 0 aromatic carbocycles. The zero-order valence-corrected chi connectivity index (χ0v) is 30.5. The standard InChI is InChI=1S/C20H14N4.CH4N.6BrH.Zn/c1-2-14-10-16-5-6-18(23-16)12-20-8-7-19(24-20)11-17-4-3-15(22-17)9-13(1)21-14;1-2;;;;;;;/h1-12,21-22H;1-2H2;6*1H;/q;-1;;;;;;;. The molecule has 0 spiro atoms. The SMILES string of the molecule is Br.Br.Br.Br.Br.Br.C1=Cc2cc3ccc(cc4ccc(cc5nc(cc1n2)C=C5)[nH]4)[nH]3.[CH2-]N.[Zn]. The number of nitrogens with zero attached hydrogens (tertiary/aromatic N) is 2. The zero-order valence-electron chi connectivity index (χ0n) is 17.3. The molecule has 2 aliphatic heterocycles. The number of aromatic nitrogens is 4. The molecule has 12 heteroatoms. The average Bonchev–Trinajstić information content (AvgIpc) is 3.42. The van der Waals surface area contributed by atoms with Crippen LogP contribution in [0.5, 0.6) is 0 Å². The van der Waals surface area contributed by atoms with Gasteiger partial charge in [-0.2, -0.15) is 0 Å². The van der Waals surface area contributed by atoms with E-state index in [0.717, 1.165) is 44.8 Å². The van der Waals surface area contributed by atoms with Gasteiger partial charge in [-0.3, -0.25) is 7.05 Å². The van der Waals surface area contributed by atoms with Gasteiger partial charge in [0.1, 0.15) is 0 Å². The Kier molecular flexibility index (Phi) is 23.5. The monoisotopic (exact) mass is 884 g/mol. The van der Waals surface area contributed by atoms with Gasteiger partial charge in [0.25, 0.3) is 0 Å². The minimum Gasteiger partial charge on any atom is -0.486 e. The number of halogens is 6. The Morgan fingerprint density at radius 1 is 0.485 bits per heavy atom. The van der Waals surface area contributed by atoms with Crippen molar-refractivity contribution >= 4 is 148 Å². The predicted molar refractivity (Wildman–Crippen MR) is 170 cm³/mol. The second-order valence-electron chi connectivity index (χ2n) is 5.91. The van der Waals surface area contributed by atoms with Crippen LogP contribution in [-0.4, -0.2) is 19.9 Å². The van der Waals surface area contributed by atoms with E-state index >= 15 is 0 Å². The minimum atomic E-state index is 0. The van der Waals surface area contributed by atoms with E-state index in [0.29, 0.717) is 0 Å². The van der Waals surface area contributed by atoms with Crippen LogP contribution in [-0.2, 0) is 19.5 Å². The number of rotatable bonds is 0. The predicted octanol–water partition coefficient (Wildman–Crippen LogP) is 7.86. The van der Waals surface area contributed by atoms with E-state index in [1.165, 1.54) is 0 Å². The van der Waals surface area contributed by atoms with Crippen molar-refractivity contribution < 1.29 is 19.5 Å². The van der Waals surface area contributed by atoms with Gasteiger partial charge in [-0.05, 0) is 72.8 Å². The van der Waals surface area contributed by atoms with Crippen molar-refractivity contribution in [3.05, 3.63) is 78.4 Å². The summed E-state index contributed by atoms with van der Waals surface area (Å²) < 4.78 is 0. The summed E-state index contributed by atoms with van der Waals surface area (Å²) in [5, 5.41) is 0. The summed E-state index contributed by atoms with van der Waals surface area (Å²) in [6, 6.07) is 16.4. The molecule has 5 heterocycles. The molecular formula is C21H24Br6N5Zn-. The molecule has 0 saturated heterocycles. The number of fused-ring (bicyclic) bond motifs is 8. The molecule has 33 heavy (non-hydrogen) atoms. The fourth-order valence-electron chi connectivity index (χ4n) is 2.94. The molecule has 0 aliphatic carbocycles. The van der Waals surface area contributed by atoms with Crippen molar-refractivity contribution in [2.75, 3.05) is 0 Å². The van der Waals surface area contributed by atoms with E-state index in [1.54, 1.807) is 0 Å². The molecule has 5 nitrogen and oxygen atoms in total. The Labute approximate surface area is 268 Å². The number of hydrogen-bond donors (Lipinski definition) is 3. The van der Waals surface area contributed by atoms with Gasteiger partial charge >= 0.3 is 0 Å². The summed E-state index contributed by atoms with van der Waals surface area (Å²) in [6.45, 7) is 0. The van der Waals surface area contributed by atoms with Gasteiger partial charge in [-0.1, -0.05) is 0 Å². The number of nitrogens with one attached hydrogen (secondary N) is 2. The van der Waals surface area contributed by atoms with Gasteiger partial charge in [-0.15, -0.1) is 102 Å². The number of aromatic amines is 2. The fourth-order valence-corrected chi connectivity index (χ4v) is 2.94. The first kappa shape index (κ1) is 40.2.